The van der Waals surface area contributed by atoms with Crippen LogP contribution in [-0.2, 0) is 4.79 Å². The molecule has 0 unspecified atom stereocenters. The highest BCUT2D eigenvalue weighted by atomic mass is 16.2. The van der Waals surface area contributed by atoms with Crippen LogP contribution in [-0.4, -0.2) is 17.5 Å². The summed E-state index contributed by atoms with van der Waals surface area (Å²) in [6, 6.07) is -0.334. The first-order chi connectivity index (χ1) is 7.33. The van der Waals surface area contributed by atoms with Crippen molar-refractivity contribution in [3.63, 3.8) is 0 Å². The lowest BCUT2D eigenvalue weighted by Crippen LogP contribution is -2.50. The van der Waals surface area contributed by atoms with Crippen LogP contribution in [0.3, 0.4) is 0 Å². The summed E-state index contributed by atoms with van der Waals surface area (Å²) < 4.78 is 0. The van der Waals surface area contributed by atoms with Gasteiger partial charge < -0.3 is 5.32 Å². The average Bonchev–Trinajstić information content (AvgIpc) is 2.41. The van der Waals surface area contributed by atoms with Gasteiger partial charge in [-0.1, -0.05) is 20.8 Å². The predicted molar refractivity (Wildman–Crippen MR) is 60.8 cm³/mol. The van der Waals surface area contributed by atoms with E-state index in [2.05, 4.69) is 31.4 Å². The topological polar surface area (TPSA) is 58.2 Å². The second-order valence-corrected chi connectivity index (χ2v) is 6.13. The molecule has 0 aromatic carbocycles. The summed E-state index contributed by atoms with van der Waals surface area (Å²) in [4.78, 5) is 22.9. The van der Waals surface area contributed by atoms with E-state index >= 15 is 0 Å². The number of hydrogen-bond donors (Lipinski definition) is 2. The minimum Gasteiger partial charge on any atom is -0.323 e. The molecule has 0 atom stereocenters. The highest BCUT2D eigenvalue weighted by Crippen LogP contribution is 2.42. The van der Waals surface area contributed by atoms with Gasteiger partial charge in [0, 0.05) is 0 Å². The van der Waals surface area contributed by atoms with Crippen molar-refractivity contribution >= 4 is 11.9 Å². The first kappa shape index (κ1) is 11.4. The van der Waals surface area contributed by atoms with Crippen LogP contribution in [0, 0.1) is 11.3 Å². The molecule has 0 aromatic heterocycles. The molecule has 1 saturated heterocycles. The fraction of sp³-hybridized carbons (Fsp3) is 0.833. The highest BCUT2D eigenvalue weighted by molar-refractivity contribution is 6.07. The summed E-state index contributed by atoms with van der Waals surface area (Å²) in [5, 5.41) is 5.13. The number of hydrogen-bond acceptors (Lipinski definition) is 2. The third kappa shape index (κ3) is 1.81. The number of imide groups is 1. The van der Waals surface area contributed by atoms with Crippen LogP contribution in [0.25, 0.3) is 0 Å². The van der Waals surface area contributed by atoms with E-state index in [1.54, 1.807) is 0 Å². The Labute approximate surface area is 96.2 Å². The van der Waals surface area contributed by atoms with Gasteiger partial charge in [0.05, 0.1) is 0 Å². The van der Waals surface area contributed by atoms with Crippen molar-refractivity contribution in [1.29, 1.82) is 0 Å². The Balaban J connectivity index is 2.05. The summed E-state index contributed by atoms with van der Waals surface area (Å²) >= 11 is 0. The van der Waals surface area contributed by atoms with Gasteiger partial charge in [0.2, 0.25) is 0 Å². The first-order valence-corrected chi connectivity index (χ1v) is 5.97. The number of carbonyl (C=O) groups excluding carboxylic acids is 2. The Morgan fingerprint density at radius 2 is 1.75 bits per heavy atom. The molecule has 2 rings (SSSR count). The number of carbonyl (C=O) groups is 2. The predicted octanol–water partition coefficient (Wildman–Crippen LogP) is 1.80. The molecule has 1 aliphatic heterocycles. The molecular weight excluding hydrogens is 204 g/mol. The molecule has 0 radical (unpaired) electrons. The highest BCUT2D eigenvalue weighted by Gasteiger charge is 2.49. The van der Waals surface area contributed by atoms with Gasteiger partial charge >= 0.3 is 6.03 Å². The van der Waals surface area contributed by atoms with Crippen LogP contribution in [0.15, 0.2) is 0 Å². The van der Waals surface area contributed by atoms with Gasteiger partial charge in [-0.25, -0.2) is 4.79 Å². The fourth-order valence-corrected chi connectivity index (χ4v) is 2.86. The number of amides is 3. The Morgan fingerprint density at radius 3 is 2.12 bits per heavy atom. The van der Waals surface area contributed by atoms with Crippen LogP contribution in [0.5, 0.6) is 0 Å². The molecule has 2 aliphatic rings. The minimum absolute atomic E-state index is 0.134. The molecule has 1 heterocycles. The van der Waals surface area contributed by atoms with Gasteiger partial charge in [0.15, 0.2) is 0 Å². The molecule has 4 nitrogen and oxygen atoms in total. The van der Waals surface area contributed by atoms with Gasteiger partial charge in [0.1, 0.15) is 5.54 Å². The SMILES string of the molecule is CC(C)(C)C1CCC2(CC1)NC(=O)NC2=O. The molecule has 0 bridgehead atoms. The van der Waals surface area contributed by atoms with Crippen molar-refractivity contribution in [2.75, 3.05) is 0 Å². The third-order valence-corrected chi connectivity index (χ3v) is 4.08. The van der Waals surface area contributed by atoms with E-state index in [1.807, 2.05) is 0 Å². The summed E-state index contributed by atoms with van der Waals surface area (Å²) in [6.07, 6.45) is 3.56. The van der Waals surface area contributed by atoms with E-state index in [9.17, 15) is 9.59 Å². The fourth-order valence-electron chi connectivity index (χ4n) is 2.86. The van der Waals surface area contributed by atoms with Crippen LogP contribution >= 0.6 is 0 Å². The van der Waals surface area contributed by atoms with Gasteiger partial charge in [-0.15, -0.1) is 0 Å². The largest absolute Gasteiger partial charge is 0.323 e. The molecule has 4 heteroatoms. The summed E-state index contributed by atoms with van der Waals surface area (Å²) in [5.74, 6) is 0.508. The standard InChI is InChI=1S/C12H20N2O2/c1-11(2,3)8-4-6-12(7-5-8)9(15)13-10(16)14-12/h8H,4-7H2,1-3H3,(H2,13,14,15,16). The second-order valence-electron chi connectivity index (χ2n) is 6.13. The zero-order valence-electron chi connectivity index (χ0n) is 10.2. The normalized spacial score (nSPS) is 35.1. The molecule has 3 amide bonds. The average molecular weight is 224 g/mol. The number of rotatable bonds is 0. The van der Waals surface area contributed by atoms with Crippen LogP contribution < -0.4 is 10.6 Å². The lowest BCUT2D eigenvalue weighted by Gasteiger charge is -2.40. The van der Waals surface area contributed by atoms with Gasteiger partial charge in [-0.05, 0) is 37.0 Å². The number of urea groups is 1. The van der Waals surface area contributed by atoms with Gasteiger partial charge in [-0.3, -0.25) is 10.1 Å². The third-order valence-electron chi connectivity index (χ3n) is 4.08. The Hall–Kier alpha value is -1.06. The molecular formula is C12H20N2O2. The summed E-state index contributed by atoms with van der Waals surface area (Å²) in [7, 11) is 0. The smallest absolute Gasteiger partial charge is 0.322 e. The molecule has 1 aliphatic carbocycles. The maximum absolute atomic E-state index is 11.7. The van der Waals surface area contributed by atoms with Gasteiger partial charge in [0.25, 0.3) is 5.91 Å². The monoisotopic (exact) mass is 224 g/mol. The van der Waals surface area contributed by atoms with Crippen molar-refractivity contribution in [2.45, 2.75) is 52.0 Å². The zero-order valence-corrected chi connectivity index (χ0v) is 10.2. The molecule has 16 heavy (non-hydrogen) atoms. The van der Waals surface area contributed by atoms with Crippen LogP contribution in [0.2, 0.25) is 0 Å². The molecule has 0 aromatic rings. The minimum atomic E-state index is -0.598. The van der Waals surface area contributed by atoms with Crippen LogP contribution in [0.1, 0.15) is 46.5 Å². The first-order valence-electron chi connectivity index (χ1n) is 5.97. The zero-order chi connectivity index (χ0) is 12.0. The molecule has 2 fully saturated rings. The number of nitrogens with one attached hydrogen (secondary N) is 2. The van der Waals surface area contributed by atoms with E-state index in [0.29, 0.717) is 11.3 Å². The molecule has 90 valence electrons. The Morgan fingerprint density at radius 1 is 1.19 bits per heavy atom. The van der Waals surface area contributed by atoms with E-state index in [-0.39, 0.29) is 11.9 Å². The second kappa shape index (κ2) is 3.47. The molecule has 1 saturated carbocycles. The lowest BCUT2D eigenvalue weighted by molar-refractivity contribution is -0.125. The van der Waals surface area contributed by atoms with E-state index < -0.39 is 5.54 Å². The van der Waals surface area contributed by atoms with Crippen molar-refractivity contribution in [2.24, 2.45) is 11.3 Å². The van der Waals surface area contributed by atoms with Crippen molar-refractivity contribution < 1.29 is 9.59 Å². The molecule has 2 N–H and O–H groups in total. The maximum Gasteiger partial charge on any atom is 0.322 e. The van der Waals surface area contributed by atoms with E-state index in [4.69, 9.17) is 0 Å². The van der Waals surface area contributed by atoms with E-state index in [1.165, 1.54) is 0 Å². The quantitative estimate of drug-likeness (QED) is 0.616. The molecule has 1 spiro atoms. The van der Waals surface area contributed by atoms with Crippen LogP contribution in [0.4, 0.5) is 4.79 Å². The van der Waals surface area contributed by atoms with Crippen molar-refractivity contribution in [3.05, 3.63) is 0 Å². The summed E-state index contributed by atoms with van der Waals surface area (Å²) in [5.41, 5.74) is -0.306. The Bertz CT molecular complexity index is 322. The van der Waals surface area contributed by atoms with Crippen molar-refractivity contribution in [1.82, 2.24) is 10.6 Å². The van der Waals surface area contributed by atoms with Crippen molar-refractivity contribution in [3.8, 4) is 0 Å². The summed E-state index contributed by atoms with van der Waals surface area (Å²) in [6.45, 7) is 6.72. The lowest BCUT2D eigenvalue weighted by atomic mass is 9.67. The van der Waals surface area contributed by atoms with E-state index in [0.717, 1.165) is 25.7 Å². The Kier molecular flexibility index (Phi) is 2.48. The maximum atomic E-state index is 11.7. The van der Waals surface area contributed by atoms with Gasteiger partial charge in [-0.2, -0.15) is 0 Å².